The Kier molecular flexibility index (Phi) is 6.32. The summed E-state index contributed by atoms with van der Waals surface area (Å²) in [5, 5.41) is 48.9. The number of urea groups is 1. The van der Waals surface area contributed by atoms with Crippen molar-refractivity contribution in [1.29, 1.82) is 5.26 Å². The van der Waals surface area contributed by atoms with Crippen LogP contribution in [0.5, 0.6) is 0 Å². The minimum absolute atomic E-state index is 0.00907. The monoisotopic (exact) mass is 382 g/mol. The van der Waals surface area contributed by atoms with Crippen molar-refractivity contribution < 1.29 is 29.3 Å². The molecule has 1 aliphatic carbocycles. The molecule has 12 heteroatoms. The van der Waals surface area contributed by atoms with E-state index in [1.165, 1.54) is 6.92 Å². The Morgan fingerprint density at radius 2 is 2.15 bits per heavy atom. The fraction of sp³-hybridized carbons (Fsp3) is 0.667. The molecule has 1 aliphatic rings. The van der Waals surface area contributed by atoms with E-state index in [4.69, 9.17) is 25.6 Å². The Balaban J connectivity index is 2.17. The Bertz CT molecular complexity index is 723. The maximum atomic E-state index is 12.3. The number of hydrogen-bond acceptors (Lipinski definition) is 9. The third-order valence-corrected chi connectivity index (χ3v) is 4.41. The largest absolute Gasteiger partial charge is 0.480 e. The first-order valence-corrected chi connectivity index (χ1v) is 8.29. The summed E-state index contributed by atoms with van der Waals surface area (Å²) < 4.78 is 5.47. The maximum absolute atomic E-state index is 12.3. The highest BCUT2D eigenvalue weighted by Crippen LogP contribution is 2.46. The zero-order valence-electron chi connectivity index (χ0n) is 14.6. The first kappa shape index (κ1) is 20.6. The van der Waals surface area contributed by atoms with E-state index in [2.05, 4.69) is 20.8 Å². The van der Waals surface area contributed by atoms with Gasteiger partial charge >= 0.3 is 12.0 Å². The molecular formula is C15H22N6O6. The molecule has 12 nitrogen and oxygen atoms in total. The van der Waals surface area contributed by atoms with Crippen molar-refractivity contribution in [3.8, 4) is 6.07 Å². The van der Waals surface area contributed by atoms with Gasteiger partial charge in [-0.2, -0.15) is 5.26 Å². The van der Waals surface area contributed by atoms with Gasteiger partial charge in [-0.25, -0.2) is 9.59 Å². The van der Waals surface area contributed by atoms with E-state index < -0.39 is 42.3 Å². The van der Waals surface area contributed by atoms with Gasteiger partial charge in [0.15, 0.2) is 6.04 Å². The molecule has 7 N–H and O–H groups in total. The zero-order chi connectivity index (χ0) is 20.2. The number of nitriles is 1. The third-order valence-electron chi connectivity index (χ3n) is 4.41. The van der Waals surface area contributed by atoms with Crippen LogP contribution < -0.4 is 16.4 Å². The summed E-state index contributed by atoms with van der Waals surface area (Å²) in [5.41, 5.74) is 4.55. The van der Waals surface area contributed by atoms with Gasteiger partial charge in [0.25, 0.3) is 0 Å². The molecule has 0 aromatic carbocycles. The van der Waals surface area contributed by atoms with Gasteiger partial charge in [-0.05, 0) is 25.7 Å². The molecule has 0 aliphatic heterocycles. The lowest BCUT2D eigenvalue weighted by Crippen LogP contribution is -2.60. The highest BCUT2D eigenvalue weighted by Gasteiger charge is 2.51. The molecule has 148 valence electrons. The van der Waals surface area contributed by atoms with Gasteiger partial charge in [0, 0.05) is 6.42 Å². The number of aromatic nitrogens is 2. The summed E-state index contributed by atoms with van der Waals surface area (Å²) >= 11 is 0. The van der Waals surface area contributed by atoms with Crippen LogP contribution in [0.3, 0.4) is 0 Å². The Morgan fingerprint density at radius 3 is 2.67 bits per heavy atom. The van der Waals surface area contributed by atoms with Crippen LogP contribution in [0.15, 0.2) is 4.42 Å². The molecule has 0 bridgehead atoms. The fourth-order valence-electron chi connectivity index (χ4n) is 2.97. The van der Waals surface area contributed by atoms with Crippen molar-refractivity contribution in [3.05, 3.63) is 11.8 Å². The van der Waals surface area contributed by atoms with Crippen molar-refractivity contribution in [2.45, 2.75) is 49.9 Å². The number of amides is 2. The minimum Gasteiger partial charge on any atom is -0.480 e. The summed E-state index contributed by atoms with van der Waals surface area (Å²) in [6.07, 6.45) is -0.380. The van der Waals surface area contributed by atoms with Gasteiger partial charge in [-0.15, -0.1) is 10.2 Å². The minimum atomic E-state index is -1.50. The number of aliphatic carboxylic acids is 1. The van der Waals surface area contributed by atoms with Gasteiger partial charge in [0.1, 0.15) is 11.6 Å². The Hall–Kier alpha value is -2.75. The Labute approximate surface area is 154 Å². The molecule has 0 saturated heterocycles. The number of carboxylic acid groups (broad SMARTS) is 1. The van der Waals surface area contributed by atoms with E-state index in [-0.39, 0.29) is 24.1 Å². The average Bonchev–Trinajstić information content (AvgIpc) is 3.06. The number of carbonyl (C=O) groups is 2. The second kappa shape index (κ2) is 8.30. The highest BCUT2D eigenvalue weighted by molar-refractivity contribution is 5.83. The lowest BCUT2D eigenvalue weighted by atomic mass is 9.67. The number of rotatable bonds is 8. The second-order valence-electron chi connectivity index (χ2n) is 6.61. The van der Waals surface area contributed by atoms with E-state index in [0.29, 0.717) is 12.8 Å². The van der Waals surface area contributed by atoms with Crippen LogP contribution in [0.2, 0.25) is 0 Å². The number of aliphatic hydroxyl groups is 2. The lowest BCUT2D eigenvalue weighted by Gasteiger charge is -2.44. The number of nitrogens with zero attached hydrogens (tertiary/aromatic N) is 3. The smallest absolute Gasteiger partial charge is 0.328 e. The Morgan fingerprint density at radius 1 is 1.48 bits per heavy atom. The summed E-state index contributed by atoms with van der Waals surface area (Å²) in [6.45, 7) is 0.829. The second-order valence-corrected chi connectivity index (χ2v) is 6.61. The number of nitrogens with two attached hydrogens (primary N) is 1. The molecule has 2 rings (SSSR count). The molecule has 1 unspecified atom stereocenters. The van der Waals surface area contributed by atoms with Crippen LogP contribution in [0.25, 0.3) is 0 Å². The van der Waals surface area contributed by atoms with Crippen LogP contribution in [0.1, 0.15) is 44.0 Å². The number of carbonyl (C=O) groups excluding carboxylic acids is 1. The number of carboxylic acids is 1. The molecule has 2 amide bonds. The molecule has 1 heterocycles. The van der Waals surface area contributed by atoms with E-state index in [1.807, 2.05) is 6.07 Å². The van der Waals surface area contributed by atoms with Crippen LogP contribution in [0.4, 0.5) is 4.79 Å². The van der Waals surface area contributed by atoms with Gasteiger partial charge < -0.3 is 36.1 Å². The molecule has 0 radical (unpaired) electrons. The summed E-state index contributed by atoms with van der Waals surface area (Å²) in [7, 11) is 0. The molecule has 1 aromatic heterocycles. The van der Waals surface area contributed by atoms with Gasteiger partial charge in [-0.3, -0.25) is 0 Å². The van der Waals surface area contributed by atoms with Crippen LogP contribution >= 0.6 is 0 Å². The van der Waals surface area contributed by atoms with Gasteiger partial charge in [-0.1, -0.05) is 0 Å². The SMILES string of the molecule is CC(O)[C@H](NC(=O)NC1(c2nnc([C@@H](N)CO)o2)CC(CC#N)C1)C(=O)O. The normalized spacial score (nSPS) is 24.8. The van der Waals surface area contributed by atoms with Crippen molar-refractivity contribution >= 4 is 12.0 Å². The standard InChI is InChI=1S/C15H22N6O6/c1-7(23)10(12(24)25)18-14(26)19-15(4-8(5-15)2-3-16)13-21-20-11(27-13)9(17)6-22/h7-10,22-23H,2,4-6,17H2,1H3,(H,24,25)(H2,18,19,26)/t7?,8?,9-,10-,15?/m0/s1. The van der Waals surface area contributed by atoms with Crippen LogP contribution in [-0.4, -0.2) is 56.3 Å². The first-order chi connectivity index (χ1) is 12.7. The van der Waals surface area contributed by atoms with Crippen molar-refractivity contribution in [3.63, 3.8) is 0 Å². The van der Waals surface area contributed by atoms with Crippen molar-refractivity contribution in [1.82, 2.24) is 20.8 Å². The summed E-state index contributed by atoms with van der Waals surface area (Å²) in [5.74, 6) is -1.36. The van der Waals surface area contributed by atoms with E-state index in [0.717, 1.165) is 0 Å². The number of aliphatic hydroxyl groups excluding tert-OH is 2. The van der Waals surface area contributed by atoms with Crippen LogP contribution in [-0.2, 0) is 10.3 Å². The molecule has 1 fully saturated rings. The number of hydrogen-bond donors (Lipinski definition) is 6. The predicted molar refractivity (Wildman–Crippen MR) is 87.7 cm³/mol. The summed E-state index contributed by atoms with van der Waals surface area (Å²) in [6, 6.07) is -1.17. The maximum Gasteiger partial charge on any atom is 0.328 e. The fourth-order valence-corrected chi connectivity index (χ4v) is 2.97. The van der Waals surface area contributed by atoms with E-state index >= 15 is 0 Å². The molecule has 1 saturated carbocycles. The number of nitrogens with one attached hydrogen (secondary N) is 2. The zero-order valence-corrected chi connectivity index (χ0v) is 14.6. The highest BCUT2D eigenvalue weighted by atomic mass is 16.4. The van der Waals surface area contributed by atoms with Gasteiger partial charge in [0.05, 0.1) is 18.8 Å². The lowest BCUT2D eigenvalue weighted by molar-refractivity contribution is -0.141. The van der Waals surface area contributed by atoms with Crippen LogP contribution in [0, 0.1) is 17.2 Å². The van der Waals surface area contributed by atoms with E-state index in [9.17, 15) is 14.7 Å². The molecule has 27 heavy (non-hydrogen) atoms. The van der Waals surface area contributed by atoms with Gasteiger partial charge in [0.2, 0.25) is 11.8 Å². The quantitative estimate of drug-likeness (QED) is 0.313. The molecule has 1 aromatic rings. The topological polar surface area (TPSA) is 208 Å². The molecular weight excluding hydrogens is 360 g/mol. The predicted octanol–water partition coefficient (Wildman–Crippen LogP) is -1.29. The first-order valence-electron chi connectivity index (χ1n) is 8.29. The van der Waals surface area contributed by atoms with Crippen molar-refractivity contribution in [2.24, 2.45) is 11.7 Å². The van der Waals surface area contributed by atoms with E-state index in [1.54, 1.807) is 0 Å². The molecule has 0 spiro atoms. The molecule has 3 atom stereocenters. The third kappa shape index (κ3) is 4.51. The average molecular weight is 382 g/mol. The van der Waals surface area contributed by atoms with Crippen molar-refractivity contribution in [2.75, 3.05) is 6.61 Å². The summed E-state index contributed by atoms with van der Waals surface area (Å²) in [4.78, 5) is 23.4.